The topological polar surface area (TPSA) is 66.5 Å². The summed E-state index contributed by atoms with van der Waals surface area (Å²) >= 11 is 0. The van der Waals surface area contributed by atoms with Gasteiger partial charge in [-0.2, -0.15) is 0 Å². The van der Waals surface area contributed by atoms with Crippen LogP contribution in [0, 0.1) is 6.92 Å². The number of hydrogen-bond donors (Lipinski definition) is 1. The molecule has 180 valence electrons. The van der Waals surface area contributed by atoms with E-state index in [0.717, 1.165) is 17.5 Å². The Morgan fingerprint density at radius 3 is 2.33 bits per heavy atom. The van der Waals surface area contributed by atoms with Gasteiger partial charge in [-0.25, -0.2) is 4.21 Å². The lowest BCUT2D eigenvalue weighted by molar-refractivity contribution is 0.0950. The standard InChI is InChI=1S/C30H26N2O3S/c1-21-11-13-22(14-12-21)17-18-31-29(33)24-15-16-28-26(19-24)32(20-23-7-3-2-4-8-23)30(34)25-9-5-6-10-27(25)36(28)35/h2-16,19H,17-18,20H2,1H3,(H,31,33)/t36-/m0/s1. The van der Waals surface area contributed by atoms with Crippen molar-refractivity contribution in [1.82, 2.24) is 5.32 Å². The molecule has 0 aromatic heterocycles. The second-order valence-corrected chi connectivity index (χ2v) is 10.2. The van der Waals surface area contributed by atoms with Crippen LogP contribution in [0.25, 0.3) is 0 Å². The molecule has 36 heavy (non-hydrogen) atoms. The Bertz CT molecular complexity index is 1450. The van der Waals surface area contributed by atoms with E-state index in [-0.39, 0.29) is 11.8 Å². The molecule has 2 amide bonds. The molecule has 0 bridgehead atoms. The number of rotatable bonds is 6. The van der Waals surface area contributed by atoms with Gasteiger partial charge in [0.05, 0.1) is 38.4 Å². The molecule has 1 aliphatic rings. The summed E-state index contributed by atoms with van der Waals surface area (Å²) < 4.78 is 13.5. The number of aryl methyl sites for hydroxylation is 1. The van der Waals surface area contributed by atoms with E-state index in [1.54, 1.807) is 47.4 Å². The van der Waals surface area contributed by atoms with Crippen LogP contribution < -0.4 is 10.2 Å². The lowest BCUT2D eigenvalue weighted by atomic mass is 10.1. The molecule has 6 heteroatoms. The smallest absolute Gasteiger partial charge is 0.259 e. The van der Waals surface area contributed by atoms with Crippen molar-refractivity contribution in [2.45, 2.75) is 29.7 Å². The van der Waals surface area contributed by atoms with Crippen molar-refractivity contribution in [3.63, 3.8) is 0 Å². The Kier molecular flexibility index (Phi) is 6.78. The van der Waals surface area contributed by atoms with E-state index >= 15 is 0 Å². The van der Waals surface area contributed by atoms with Crippen LogP contribution in [-0.4, -0.2) is 22.6 Å². The van der Waals surface area contributed by atoms with Gasteiger partial charge in [-0.15, -0.1) is 0 Å². The van der Waals surface area contributed by atoms with Gasteiger partial charge in [0, 0.05) is 12.1 Å². The van der Waals surface area contributed by atoms with Gasteiger partial charge in [-0.3, -0.25) is 9.59 Å². The van der Waals surface area contributed by atoms with Gasteiger partial charge >= 0.3 is 0 Å². The maximum atomic E-state index is 13.7. The van der Waals surface area contributed by atoms with Crippen LogP contribution in [0.5, 0.6) is 0 Å². The van der Waals surface area contributed by atoms with Crippen LogP contribution >= 0.6 is 0 Å². The lowest BCUT2D eigenvalue weighted by Gasteiger charge is -2.23. The minimum absolute atomic E-state index is 0.232. The fourth-order valence-corrected chi connectivity index (χ4v) is 5.65. The number of fused-ring (bicyclic) bond motifs is 2. The fourth-order valence-electron chi connectivity index (χ4n) is 4.30. The van der Waals surface area contributed by atoms with Crippen molar-refractivity contribution < 1.29 is 13.8 Å². The van der Waals surface area contributed by atoms with Crippen molar-refractivity contribution in [3.05, 3.63) is 125 Å². The average Bonchev–Trinajstić information content (AvgIpc) is 2.99. The summed E-state index contributed by atoms with van der Waals surface area (Å²) in [4.78, 5) is 29.3. The van der Waals surface area contributed by atoms with E-state index < -0.39 is 10.8 Å². The number of amides is 2. The zero-order valence-corrected chi connectivity index (χ0v) is 20.8. The average molecular weight is 495 g/mol. The first-order chi connectivity index (χ1) is 17.5. The molecule has 4 aromatic rings. The molecule has 0 unspecified atom stereocenters. The van der Waals surface area contributed by atoms with Gasteiger partial charge in [0.1, 0.15) is 0 Å². The lowest BCUT2D eigenvalue weighted by Crippen LogP contribution is -2.31. The van der Waals surface area contributed by atoms with Crippen molar-refractivity contribution >= 4 is 28.3 Å². The first-order valence-electron chi connectivity index (χ1n) is 11.9. The molecule has 0 saturated carbocycles. The van der Waals surface area contributed by atoms with E-state index in [4.69, 9.17) is 0 Å². The monoisotopic (exact) mass is 494 g/mol. The predicted octanol–water partition coefficient (Wildman–Crippen LogP) is 5.29. The second kappa shape index (κ2) is 10.3. The molecule has 0 aliphatic carbocycles. The van der Waals surface area contributed by atoms with Gasteiger partial charge in [0.2, 0.25) is 0 Å². The number of hydrogen-bond acceptors (Lipinski definition) is 3. The molecule has 0 radical (unpaired) electrons. The molecule has 5 nitrogen and oxygen atoms in total. The number of carbonyl (C=O) groups is 2. The predicted molar refractivity (Wildman–Crippen MR) is 142 cm³/mol. The van der Waals surface area contributed by atoms with Crippen LogP contribution in [0.1, 0.15) is 37.4 Å². The van der Waals surface area contributed by atoms with Crippen LogP contribution in [0.15, 0.2) is 107 Å². The van der Waals surface area contributed by atoms with Crippen molar-refractivity contribution in [2.24, 2.45) is 0 Å². The molecular formula is C30H26N2O3S. The quantitative estimate of drug-likeness (QED) is 0.396. The highest BCUT2D eigenvalue weighted by Crippen LogP contribution is 2.36. The normalized spacial score (nSPS) is 14.5. The van der Waals surface area contributed by atoms with Crippen molar-refractivity contribution in [2.75, 3.05) is 11.4 Å². The molecule has 1 N–H and O–H groups in total. The summed E-state index contributed by atoms with van der Waals surface area (Å²) in [5, 5.41) is 2.97. The third kappa shape index (κ3) is 4.86. The van der Waals surface area contributed by atoms with E-state index in [1.165, 1.54) is 5.56 Å². The van der Waals surface area contributed by atoms with Crippen molar-refractivity contribution in [3.8, 4) is 0 Å². The third-order valence-electron chi connectivity index (χ3n) is 6.28. The molecule has 1 aliphatic heterocycles. The van der Waals surface area contributed by atoms with Crippen LogP contribution in [-0.2, 0) is 23.8 Å². The van der Waals surface area contributed by atoms with E-state index in [2.05, 4.69) is 29.6 Å². The highest BCUT2D eigenvalue weighted by atomic mass is 32.2. The highest BCUT2D eigenvalue weighted by Gasteiger charge is 2.31. The van der Waals surface area contributed by atoms with Gasteiger partial charge < -0.3 is 10.2 Å². The molecule has 0 spiro atoms. The third-order valence-corrected chi connectivity index (χ3v) is 7.78. The van der Waals surface area contributed by atoms with Crippen LogP contribution in [0.4, 0.5) is 5.69 Å². The SMILES string of the molecule is Cc1ccc(CCNC(=O)c2ccc3c(c2)N(Cc2ccccc2)C(=O)c2ccccc2[S@@]3=O)cc1. The van der Waals surface area contributed by atoms with Crippen LogP contribution in [0.2, 0.25) is 0 Å². The zero-order chi connectivity index (χ0) is 25.1. The summed E-state index contributed by atoms with van der Waals surface area (Å²) in [7, 11) is -1.55. The largest absolute Gasteiger partial charge is 0.352 e. The fraction of sp³-hybridized carbons (Fsp3) is 0.133. The van der Waals surface area contributed by atoms with E-state index in [1.807, 2.05) is 37.3 Å². The molecule has 0 fully saturated rings. The second-order valence-electron chi connectivity index (χ2n) is 8.82. The molecule has 0 saturated heterocycles. The maximum absolute atomic E-state index is 13.7. The minimum atomic E-state index is -1.55. The number of carbonyl (C=O) groups excluding carboxylic acids is 2. The summed E-state index contributed by atoms with van der Waals surface area (Å²) in [6, 6.07) is 29.9. The minimum Gasteiger partial charge on any atom is -0.352 e. The molecule has 5 rings (SSSR count). The summed E-state index contributed by atoms with van der Waals surface area (Å²) in [5.74, 6) is -0.469. The number of anilines is 1. The Hall–Kier alpha value is -4.03. The highest BCUT2D eigenvalue weighted by molar-refractivity contribution is 7.85. The summed E-state index contributed by atoms with van der Waals surface area (Å²) in [6.07, 6.45) is 0.717. The van der Waals surface area contributed by atoms with Crippen molar-refractivity contribution in [1.29, 1.82) is 0 Å². The van der Waals surface area contributed by atoms with Crippen LogP contribution in [0.3, 0.4) is 0 Å². The Morgan fingerprint density at radius 1 is 0.833 bits per heavy atom. The summed E-state index contributed by atoms with van der Waals surface area (Å²) in [5.41, 5.74) is 4.61. The van der Waals surface area contributed by atoms with E-state index in [0.29, 0.717) is 39.7 Å². The number of benzene rings is 4. The van der Waals surface area contributed by atoms with Gasteiger partial charge in [0.25, 0.3) is 11.8 Å². The number of nitrogens with one attached hydrogen (secondary N) is 1. The molecular weight excluding hydrogens is 468 g/mol. The summed E-state index contributed by atoms with van der Waals surface area (Å²) in [6.45, 7) is 2.83. The maximum Gasteiger partial charge on any atom is 0.259 e. The Labute approximate surface area is 213 Å². The first-order valence-corrected chi connectivity index (χ1v) is 13.0. The Morgan fingerprint density at radius 2 is 1.56 bits per heavy atom. The number of nitrogens with zero attached hydrogens (tertiary/aromatic N) is 1. The molecule has 4 aromatic carbocycles. The molecule has 1 heterocycles. The van der Waals surface area contributed by atoms with E-state index in [9.17, 15) is 13.8 Å². The van der Waals surface area contributed by atoms with Gasteiger partial charge in [0.15, 0.2) is 0 Å². The van der Waals surface area contributed by atoms with Gasteiger partial charge in [-0.1, -0.05) is 72.3 Å². The Balaban J connectivity index is 1.46. The molecule has 1 atom stereocenters. The van der Waals surface area contributed by atoms with Gasteiger partial charge in [-0.05, 0) is 54.8 Å². The first kappa shape index (κ1) is 23.7. The zero-order valence-electron chi connectivity index (χ0n) is 19.9.